The molecule has 1 saturated heterocycles. The van der Waals surface area contributed by atoms with Crippen LogP contribution in [0.1, 0.15) is 25.0 Å². The molecule has 1 aliphatic heterocycles. The number of morpholine rings is 1. The van der Waals surface area contributed by atoms with Crippen LogP contribution in [-0.2, 0) is 10.9 Å². The lowest BCUT2D eigenvalue weighted by molar-refractivity contribution is -0.137. The first-order chi connectivity index (χ1) is 9.68. The highest BCUT2D eigenvalue weighted by molar-refractivity contribution is 7.80. The average Bonchev–Trinajstić information content (AvgIpc) is 2.35. The number of rotatable bonds is 2. The standard InChI is InChI=1S/C14H17F3N2OS/c1-8-6-19(7-9(2)20-8)10-3-4-11(13(18)21)12(5-10)14(15,16)17/h3-5,8-9H,6-7H2,1-2H3,(H2,18,21)/t8-,9+. The first-order valence-electron chi connectivity index (χ1n) is 6.60. The van der Waals surface area contributed by atoms with Gasteiger partial charge < -0.3 is 15.4 Å². The van der Waals surface area contributed by atoms with E-state index in [0.717, 1.165) is 6.07 Å². The number of hydrogen-bond acceptors (Lipinski definition) is 3. The molecule has 1 fully saturated rings. The van der Waals surface area contributed by atoms with Crippen LogP contribution in [-0.4, -0.2) is 30.3 Å². The SMILES string of the molecule is C[C@@H]1CN(c2ccc(C(N)=S)c(C(F)(F)F)c2)C[C@H](C)O1. The molecule has 1 aromatic rings. The first kappa shape index (κ1) is 16.0. The maximum atomic E-state index is 13.2. The van der Waals surface area contributed by atoms with Crippen molar-refractivity contribution < 1.29 is 17.9 Å². The van der Waals surface area contributed by atoms with Gasteiger partial charge in [-0.2, -0.15) is 13.2 Å². The van der Waals surface area contributed by atoms with Gasteiger partial charge in [-0.15, -0.1) is 0 Å². The first-order valence-corrected chi connectivity index (χ1v) is 7.00. The summed E-state index contributed by atoms with van der Waals surface area (Å²) in [6.07, 6.45) is -4.55. The lowest BCUT2D eigenvalue weighted by atomic mass is 10.0. The Kier molecular flexibility index (Phi) is 4.43. The molecule has 3 nitrogen and oxygen atoms in total. The van der Waals surface area contributed by atoms with Crippen LogP contribution in [0.5, 0.6) is 0 Å². The number of nitrogens with zero attached hydrogens (tertiary/aromatic N) is 1. The van der Waals surface area contributed by atoms with Crippen molar-refractivity contribution in [1.29, 1.82) is 0 Å². The molecule has 1 aromatic carbocycles. The molecule has 0 unspecified atom stereocenters. The Hall–Kier alpha value is -1.34. The second-order valence-electron chi connectivity index (χ2n) is 5.25. The van der Waals surface area contributed by atoms with Gasteiger partial charge in [0.15, 0.2) is 0 Å². The third-order valence-electron chi connectivity index (χ3n) is 3.36. The highest BCUT2D eigenvalue weighted by atomic mass is 32.1. The molecule has 116 valence electrons. The molecule has 21 heavy (non-hydrogen) atoms. The van der Waals surface area contributed by atoms with Gasteiger partial charge in [-0.3, -0.25) is 0 Å². The molecule has 1 heterocycles. The average molecular weight is 318 g/mol. The fourth-order valence-corrected chi connectivity index (χ4v) is 2.75. The van der Waals surface area contributed by atoms with E-state index in [-0.39, 0.29) is 22.8 Å². The predicted molar refractivity (Wildman–Crippen MR) is 79.6 cm³/mol. The zero-order valence-corrected chi connectivity index (χ0v) is 12.6. The number of alkyl halides is 3. The molecule has 2 rings (SSSR count). The van der Waals surface area contributed by atoms with E-state index >= 15 is 0 Å². The number of hydrogen-bond donors (Lipinski definition) is 1. The summed E-state index contributed by atoms with van der Waals surface area (Å²) in [5, 5.41) is 0. The molecule has 0 bridgehead atoms. The van der Waals surface area contributed by atoms with Gasteiger partial charge in [0.1, 0.15) is 4.99 Å². The maximum Gasteiger partial charge on any atom is 0.417 e. The van der Waals surface area contributed by atoms with Crippen molar-refractivity contribution in [3.63, 3.8) is 0 Å². The lowest BCUT2D eigenvalue weighted by Crippen LogP contribution is -2.45. The summed E-state index contributed by atoms with van der Waals surface area (Å²) in [5.74, 6) is 0. The molecule has 0 saturated carbocycles. The molecular weight excluding hydrogens is 301 g/mol. The minimum absolute atomic E-state index is 0.0293. The van der Waals surface area contributed by atoms with E-state index in [2.05, 4.69) is 0 Å². The number of halogens is 3. The molecule has 7 heteroatoms. The van der Waals surface area contributed by atoms with Crippen molar-refractivity contribution in [2.24, 2.45) is 5.73 Å². The van der Waals surface area contributed by atoms with E-state index in [9.17, 15) is 13.2 Å². The smallest absolute Gasteiger partial charge is 0.389 e. The molecule has 1 aliphatic rings. The lowest BCUT2D eigenvalue weighted by Gasteiger charge is -2.37. The van der Waals surface area contributed by atoms with Crippen molar-refractivity contribution in [2.45, 2.75) is 32.2 Å². The Morgan fingerprint density at radius 3 is 2.33 bits per heavy atom. The van der Waals surface area contributed by atoms with E-state index in [1.54, 1.807) is 6.07 Å². The van der Waals surface area contributed by atoms with Crippen molar-refractivity contribution in [3.05, 3.63) is 29.3 Å². The number of nitrogens with two attached hydrogens (primary N) is 1. The number of anilines is 1. The van der Waals surface area contributed by atoms with E-state index in [4.69, 9.17) is 22.7 Å². The van der Waals surface area contributed by atoms with Crippen LogP contribution < -0.4 is 10.6 Å². The van der Waals surface area contributed by atoms with Crippen LogP contribution in [0.4, 0.5) is 18.9 Å². The van der Waals surface area contributed by atoms with E-state index in [1.807, 2.05) is 18.7 Å². The monoisotopic (exact) mass is 318 g/mol. The van der Waals surface area contributed by atoms with Crippen LogP contribution in [0.25, 0.3) is 0 Å². The molecular formula is C14H17F3N2OS. The van der Waals surface area contributed by atoms with Crippen LogP contribution in [0.3, 0.4) is 0 Å². The molecule has 0 amide bonds. The second-order valence-corrected chi connectivity index (χ2v) is 5.69. The normalized spacial score (nSPS) is 23.2. The predicted octanol–water partition coefficient (Wildman–Crippen LogP) is 2.95. The Morgan fingerprint density at radius 1 is 1.29 bits per heavy atom. The molecule has 0 aromatic heterocycles. The van der Waals surface area contributed by atoms with Gasteiger partial charge in [-0.25, -0.2) is 0 Å². The van der Waals surface area contributed by atoms with Crippen LogP contribution in [0.2, 0.25) is 0 Å². The molecule has 0 radical (unpaired) electrons. The van der Waals surface area contributed by atoms with Crippen molar-refractivity contribution in [2.75, 3.05) is 18.0 Å². The summed E-state index contributed by atoms with van der Waals surface area (Å²) in [6.45, 7) is 4.90. The van der Waals surface area contributed by atoms with Crippen molar-refractivity contribution in [3.8, 4) is 0 Å². The fourth-order valence-electron chi connectivity index (χ4n) is 2.57. The maximum absolute atomic E-state index is 13.2. The Bertz CT molecular complexity index is 538. The summed E-state index contributed by atoms with van der Waals surface area (Å²) in [7, 11) is 0. The summed E-state index contributed by atoms with van der Waals surface area (Å²) in [4.78, 5) is 1.63. The molecule has 2 atom stereocenters. The zero-order valence-electron chi connectivity index (χ0n) is 11.8. The van der Waals surface area contributed by atoms with Gasteiger partial charge in [0.2, 0.25) is 0 Å². The van der Waals surface area contributed by atoms with Crippen LogP contribution in [0.15, 0.2) is 18.2 Å². The summed E-state index contributed by atoms with van der Waals surface area (Å²) in [5.41, 5.74) is 4.95. The van der Waals surface area contributed by atoms with E-state index in [1.165, 1.54) is 6.07 Å². The van der Waals surface area contributed by atoms with Gasteiger partial charge in [-0.1, -0.05) is 12.2 Å². The Morgan fingerprint density at radius 2 is 1.86 bits per heavy atom. The van der Waals surface area contributed by atoms with Crippen LogP contribution >= 0.6 is 12.2 Å². The van der Waals surface area contributed by atoms with Gasteiger partial charge in [-0.05, 0) is 32.0 Å². The Labute approximate surface area is 126 Å². The van der Waals surface area contributed by atoms with Crippen LogP contribution in [0, 0.1) is 0 Å². The Balaban J connectivity index is 2.40. The summed E-state index contributed by atoms with van der Waals surface area (Å²) >= 11 is 4.70. The number of benzene rings is 1. The number of thiocarbonyl (C=S) groups is 1. The van der Waals surface area contributed by atoms with E-state index < -0.39 is 11.7 Å². The summed E-state index contributed by atoms with van der Waals surface area (Å²) in [6, 6.07) is 4.07. The third kappa shape index (κ3) is 3.65. The van der Waals surface area contributed by atoms with Gasteiger partial charge in [0, 0.05) is 24.3 Å². The van der Waals surface area contributed by atoms with E-state index in [0.29, 0.717) is 18.8 Å². The third-order valence-corrected chi connectivity index (χ3v) is 3.58. The van der Waals surface area contributed by atoms with Gasteiger partial charge >= 0.3 is 6.18 Å². The van der Waals surface area contributed by atoms with Gasteiger partial charge in [0.25, 0.3) is 0 Å². The number of ether oxygens (including phenoxy) is 1. The largest absolute Gasteiger partial charge is 0.417 e. The summed E-state index contributed by atoms with van der Waals surface area (Å²) < 4.78 is 45.0. The zero-order chi connectivity index (χ0) is 15.8. The highest BCUT2D eigenvalue weighted by Gasteiger charge is 2.35. The minimum Gasteiger partial charge on any atom is -0.389 e. The quantitative estimate of drug-likeness (QED) is 0.851. The molecule has 0 aliphatic carbocycles. The van der Waals surface area contributed by atoms with Gasteiger partial charge in [0.05, 0.1) is 17.8 Å². The second kappa shape index (κ2) is 5.81. The fraction of sp³-hybridized carbons (Fsp3) is 0.500. The van der Waals surface area contributed by atoms with Crippen molar-refractivity contribution >= 4 is 22.9 Å². The topological polar surface area (TPSA) is 38.5 Å². The molecule has 0 spiro atoms. The minimum atomic E-state index is -4.49. The highest BCUT2D eigenvalue weighted by Crippen LogP contribution is 2.35. The van der Waals surface area contributed by atoms with Crippen molar-refractivity contribution in [1.82, 2.24) is 0 Å². The molecule has 2 N–H and O–H groups in total.